The first kappa shape index (κ1) is 16.4. The lowest BCUT2D eigenvalue weighted by Crippen LogP contribution is -2.07. The summed E-state index contributed by atoms with van der Waals surface area (Å²) in [5.74, 6) is 1.34. The second kappa shape index (κ2) is 9.25. The van der Waals surface area contributed by atoms with E-state index in [2.05, 4.69) is 27.9 Å². The number of nitrogens with zero attached hydrogens (tertiary/aromatic N) is 3. The number of unbranched alkanes of at least 4 members (excludes halogenated alkanes) is 1. The number of carbonyl (C=O) groups is 1. The Morgan fingerprint density at radius 3 is 2.79 bits per heavy atom. The molecule has 0 aliphatic carbocycles. The molecule has 19 heavy (non-hydrogen) atoms. The smallest absolute Gasteiger partial charge is 0.313 e. The van der Waals surface area contributed by atoms with Gasteiger partial charge in [-0.2, -0.15) is 11.8 Å². The standard InChI is InChI=1S/C12H21N3O2S2/c1-3-6-10-13-14-12(19-9-11(16)17)15(10)7-4-5-8-18-2/h3-9H2,1-2H3,(H,16,17). The molecule has 0 bridgehead atoms. The minimum atomic E-state index is -0.820. The van der Waals surface area contributed by atoms with Crippen molar-refractivity contribution < 1.29 is 9.90 Å². The van der Waals surface area contributed by atoms with E-state index in [-0.39, 0.29) is 5.75 Å². The number of hydrogen-bond donors (Lipinski definition) is 1. The van der Waals surface area contributed by atoms with Gasteiger partial charge in [-0.1, -0.05) is 18.7 Å². The zero-order chi connectivity index (χ0) is 14.1. The molecule has 1 rings (SSSR count). The van der Waals surface area contributed by atoms with Crippen LogP contribution in [0.25, 0.3) is 0 Å². The molecule has 0 aliphatic rings. The van der Waals surface area contributed by atoms with E-state index < -0.39 is 5.97 Å². The Morgan fingerprint density at radius 1 is 1.37 bits per heavy atom. The van der Waals surface area contributed by atoms with Crippen LogP contribution in [0.1, 0.15) is 32.0 Å². The van der Waals surface area contributed by atoms with E-state index in [4.69, 9.17) is 5.11 Å². The fourth-order valence-electron chi connectivity index (χ4n) is 1.70. The highest BCUT2D eigenvalue weighted by Gasteiger charge is 2.12. The van der Waals surface area contributed by atoms with Gasteiger partial charge in [-0.15, -0.1) is 10.2 Å². The van der Waals surface area contributed by atoms with Crippen molar-refractivity contribution in [2.24, 2.45) is 0 Å². The molecule has 0 unspecified atom stereocenters. The Labute approximate surface area is 122 Å². The molecule has 1 heterocycles. The van der Waals surface area contributed by atoms with E-state index in [1.807, 2.05) is 11.8 Å². The number of hydrogen-bond acceptors (Lipinski definition) is 5. The van der Waals surface area contributed by atoms with Crippen LogP contribution in [-0.2, 0) is 17.8 Å². The van der Waals surface area contributed by atoms with Crippen molar-refractivity contribution in [2.45, 2.75) is 44.3 Å². The van der Waals surface area contributed by atoms with Crippen molar-refractivity contribution >= 4 is 29.5 Å². The molecule has 0 radical (unpaired) electrons. The topological polar surface area (TPSA) is 68.0 Å². The van der Waals surface area contributed by atoms with E-state index in [1.54, 1.807) is 0 Å². The molecule has 0 aliphatic heterocycles. The molecule has 0 saturated carbocycles. The maximum Gasteiger partial charge on any atom is 0.313 e. The number of rotatable bonds is 10. The Balaban J connectivity index is 2.64. The molecule has 1 N–H and O–H groups in total. The van der Waals surface area contributed by atoms with Gasteiger partial charge in [-0.3, -0.25) is 4.79 Å². The van der Waals surface area contributed by atoms with Crippen LogP contribution in [0.15, 0.2) is 5.16 Å². The van der Waals surface area contributed by atoms with Crippen LogP contribution in [-0.4, -0.2) is 43.6 Å². The van der Waals surface area contributed by atoms with E-state index in [0.717, 1.165) is 49.0 Å². The van der Waals surface area contributed by atoms with Crippen molar-refractivity contribution in [3.05, 3.63) is 5.82 Å². The molecular weight excluding hydrogens is 282 g/mol. The zero-order valence-corrected chi connectivity index (χ0v) is 13.1. The minimum Gasteiger partial charge on any atom is -0.481 e. The van der Waals surface area contributed by atoms with E-state index in [1.165, 1.54) is 11.8 Å². The van der Waals surface area contributed by atoms with Crippen LogP contribution in [0.2, 0.25) is 0 Å². The second-order valence-corrected chi connectivity index (χ2v) is 6.11. The monoisotopic (exact) mass is 303 g/mol. The summed E-state index contributed by atoms with van der Waals surface area (Å²) >= 11 is 3.10. The van der Waals surface area contributed by atoms with Crippen molar-refractivity contribution in [1.82, 2.24) is 14.8 Å². The summed E-state index contributed by atoms with van der Waals surface area (Å²) in [6.07, 6.45) is 6.26. The molecular formula is C12H21N3O2S2. The maximum atomic E-state index is 10.6. The van der Waals surface area contributed by atoms with E-state index in [9.17, 15) is 4.79 Å². The zero-order valence-electron chi connectivity index (χ0n) is 11.5. The van der Waals surface area contributed by atoms with Gasteiger partial charge in [0.1, 0.15) is 5.82 Å². The quantitative estimate of drug-likeness (QED) is 0.529. The number of aromatic nitrogens is 3. The summed E-state index contributed by atoms with van der Waals surface area (Å²) in [5.41, 5.74) is 0. The van der Waals surface area contributed by atoms with Crippen LogP contribution >= 0.6 is 23.5 Å². The molecule has 1 aromatic rings. The number of aryl methyl sites for hydroxylation is 1. The van der Waals surface area contributed by atoms with Gasteiger partial charge in [-0.25, -0.2) is 0 Å². The van der Waals surface area contributed by atoms with Crippen molar-refractivity contribution in [3.63, 3.8) is 0 Å². The van der Waals surface area contributed by atoms with Gasteiger partial charge in [0.25, 0.3) is 0 Å². The minimum absolute atomic E-state index is 0.0368. The molecule has 7 heteroatoms. The number of carboxylic acids is 1. The van der Waals surface area contributed by atoms with Crippen LogP contribution in [0.5, 0.6) is 0 Å². The van der Waals surface area contributed by atoms with Gasteiger partial charge in [-0.05, 0) is 31.3 Å². The van der Waals surface area contributed by atoms with Crippen LogP contribution in [0, 0.1) is 0 Å². The van der Waals surface area contributed by atoms with Crippen molar-refractivity contribution in [2.75, 3.05) is 17.8 Å². The lowest BCUT2D eigenvalue weighted by Gasteiger charge is -2.08. The lowest BCUT2D eigenvalue weighted by atomic mass is 10.3. The van der Waals surface area contributed by atoms with Gasteiger partial charge in [0, 0.05) is 13.0 Å². The molecule has 0 amide bonds. The first-order chi connectivity index (χ1) is 9.19. The predicted molar refractivity (Wildman–Crippen MR) is 80.0 cm³/mol. The second-order valence-electron chi connectivity index (χ2n) is 4.18. The molecule has 108 valence electrons. The summed E-state index contributed by atoms with van der Waals surface area (Å²) in [6.45, 7) is 2.99. The average Bonchev–Trinajstić information content (AvgIpc) is 2.75. The molecule has 0 aromatic carbocycles. The third kappa shape index (κ3) is 5.86. The molecule has 0 saturated heterocycles. The maximum absolute atomic E-state index is 10.6. The third-order valence-electron chi connectivity index (χ3n) is 2.57. The Hall–Kier alpha value is -0.690. The van der Waals surface area contributed by atoms with Crippen LogP contribution < -0.4 is 0 Å². The Bertz CT molecular complexity index is 396. The Morgan fingerprint density at radius 2 is 2.16 bits per heavy atom. The summed E-state index contributed by atoms with van der Waals surface area (Å²) < 4.78 is 2.08. The van der Waals surface area contributed by atoms with Crippen molar-refractivity contribution in [3.8, 4) is 0 Å². The van der Waals surface area contributed by atoms with E-state index >= 15 is 0 Å². The van der Waals surface area contributed by atoms with E-state index in [0.29, 0.717) is 0 Å². The summed E-state index contributed by atoms with van der Waals surface area (Å²) in [4.78, 5) is 10.6. The van der Waals surface area contributed by atoms with Crippen molar-refractivity contribution in [1.29, 1.82) is 0 Å². The van der Waals surface area contributed by atoms with Gasteiger partial charge in [0.15, 0.2) is 5.16 Å². The first-order valence-electron chi connectivity index (χ1n) is 6.44. The summed E-state index contributed by atoms with van der Waals surface area (Å²) in [6, 6.07) is 0. The molecule has 0 atom stereocenters. The highest BCUT2D eigenvalue weighted by atomic mass is 32.2. The van der Waals surface area contributed by atoms with Gasteiger partial charge in [0.05, 0.1) is 5.75 Å². The summed E-state index contributed by atoms with van der Waals surface area (Å²) in [7, 11) is 0. The van der Waals surface area contributed by atoms with Gasteiger partial charge < -0.3 is 9.67 Å². The summed E-state index contributed by atoms with van der Waals surface area (Å²) in [5, 5.41) is 17.8. The number of carboxylic acid groups (broad SMARTS) is 1. The SMILES string of the molecule is CCCc1nnc(SCC(=O)O)n1CCCCSC. The fourth-order valence-corrected chi connectivity index (χ4v) is 2.90. The largest absolute Gasteiger partial charge is 0.481 e. The molecule has 0 fully saturated rings. The van der Waals surface area contributed by atoms with Crippen LogP contribution in [0.4, 0.5) is 0 Å². The number of thioether (sulfide) groups is 2. The highest BCUT2D eigenvalue weighted by Crippen LogP contribution is 2.18. The molecule has 1 aromatic heterocycles. The fraction of sp³-hybridized carbons (Fsp3) is 0.750. The number of aliphatic carboxylic acids is 1. The predicted octanol–water partition coefficient (Wildman–Crippen LogP) is 2.55. The lowest BCUT2D eigenvalue weighted by molar-refractivity contribution is -0.133. The van der Waals surface area contributed by atoms with Crippen LogP contribution in [0.3, 0.4) is 0 Å². The average molecular weight is 303 g/mol. The van der Waals surface area contributed by atoms with Gasteiger partial charge >= 0.3 is 5.97 Å². The third-order valence-corrected chi connectivity index (χ3v) is 4.22. The molecule has 0 spiro atoms. The molecule has 5 nitrogen and oxygen atoms in total. The Kier molecular flexibility index (Phi) is 7.97. The first-order valence-corrected chi connectivity index (χ1v) is 8.82. The van der Waals surface area contributed by atoms with Gasteiger partial charge in [0.2, 0.25) is 0 Å². The normalized spacial score (nSPS) is 10.8. The highest BCUT2D eigenvalue weighted by molar-refractivity contribution is 7.99.